The SMILES string of the molecule is Cc1nn(C)c(C)c1NC(=O)[C@H](C)Cl. The summed E-state index contributed by atoms with van der Waals surface area (Å²) < 4.78 is 1.73. The van der Waals surface area contributed by atoms with E-state index in [-0.39, 0.29) is 5.91 Å². The van der Waals surface area contributed by atoms with E-state index in [2.05, 4.69) is 10.4 Å². The predicted octanol–water partition coefficient (Wildman–Crippen LogP) is 1.60. The van der Waals surface area contributed by atoms with Gasteiger partial charge in [-0.15, -0.1) is 11.6 Å². The highest BCUT2D eigenvalue weighted by molar-refractivity contribution is 6.32. The van der Waals surface area contributed by atoms with Crippen molar-refractivity contribution in [3.05, 3.63) is 11.4 Å². The number of aromatic nitrogens is 2. The van der Waals surface area contributed by atoms with E-state index in [0.29, 0.717) is 0 Å². The van der Waals surface area contributed by atoms with Gasteiger partial charge in [0.1, 0.15) is 5.38 Å². The van der Waals surface area contributed by atoms with Crippen LogP contribution in [-0.4, -0.2) is 21.1 Å². The zero-order chi connectivity index (χ0) is 10.9. The number of halogens is 1. The van der Waals surface area contributed by atoms with Crippen LogP contribution in [0, 0.1) is 13.8 Å². The Labute approximate surface area is 88.2 Å². The van der Waals surface area contributed by atoms with E-state index in [4.69, 9.17) is 11.6 Å². The van der Waals surface area contributed by atoms with Gasteiger partial charge in [-0.2, -0.15) is 5.10 Å². The van der Waals surface area contributed by atoms with Crippen LogP contribution in [0.5, 0.6) is 0 Å². The molecule has 0 spiro atoms. The van der Waals surface area contributed by atoms with Crippen LogP contribution in [0.2, 0.25) is 0 Å². The molecule has 1 rings (SSSR count). The number of nitrogens with one attached hydrogen (secondary N) is 1. The lowest BCUT2D eigenvalue weighted by atomic mass is 10.3. The third-order valence-electron chi connectivity index (χ3n) is 2.12. The van der Waals surface area contributed by atoms with Gasteiger partial charge in [-0.3, -0.25) is 9.48 Å². The summed E-state index contributed by atoms with van der Waals surface area (Å²) in [6.45, 7) is 5.38. The maximum atomic E-state index is 11.3. The maximum absolute atomic E-state index is 11.3. The van der Waals surface area contributed by atoms with Crippen LogP contribution >= 0.6 is 11.6 Å². The first-order valence-corrected chi connectivity index (χ1v) is 4.82. The fourth-order valence-corrected chi connectivity index (χ4v) is 1.23. The lowest BCUT2D eigenvalue weighted by Crippen LogP contribution is -2.21. The molecule has 0 saturated heterocycles. The number of anilines is 1. The number of rotatable bonds is 2. The molecule has 0 bridgehead atoms. The van der Waals surface area contributed by atoms with Crippen LogP contribution < -0.4 is 5.32 Å². The topological polar surface area (TPSA) is 46.9 Å². The molecule has 0 aromatic carbocycles. The third-order valence-corrected chi connectivity index (χ3v) is 2.32. The van der Waals surface area contributed by atoms with Crippen molar-refractivity contribution in [3.8, 4) is 0 Å². The number of hydrogen-bond donors (Lipinski definition) is 1. The molecular weight excluding hydrogens is 202 g/mol. The van der Waals surface area contributed by atoms with Gasteiger partial charge in [0.25, 0.3) is 0 Å². The lowest BCUT2D eigenvalue weighted by Gasteiger charge is -2.06. The average Bonchev–Trinajstić information content (AvgIpc) is 2.32. The van der Waals surface area contributed by atoms with Crippen molar-refractivity contribution in [2.75, 3.05) is 5.32 Å². The molecular formula is C9H14ClN3O. The molecule has 1 aromatic rings. The van der Waals surface area contributed by atoms with Crippen LogP contribution in [0.4, 0.5) is 5.69 Å². The van der Waals surface area contributed by atoms with E-state index in [9.17, 15) is 4.79 Å². The lowest BCUT2D eigenvalue weighted by molar-refractivity contribution is -0.115. The minimum Gasteiger partial charge on any atom is -0.322 e. The van der Waals surface area contributed by atoms with Gasteiger partial charge in [0, 0.05) is 7.05 Å². The molecule has 0 aliphatic rings. The van der Waals surface area contributed by atoms with Crippen molar-refractivity contribution in [3.63, 3.8) is 0 Å². The van der Waals surface area contributed by atoms with E-state index < -0.39 is 5.38 Å². The van der Waals surface area contributed by atoms with Crippen molar-refractivity contribution >= 4 is 23.2 Å². The van der Waals surface area contributed by atoms with E-state index in [1.807, 2.05) is 20.9 Å². The Morgan fingerprint density at radius 2 is 2.14 bits per heavy atom. The van der Waals surface area contributed by atoms with Crippen LogP contribution in [0.3, 0.4) is 0 Å². The molecule has 4 nitrogen and oxygen atoms in total. The van der Waals surface area contributed by atoms with Gasteiger partial charge in [0.2, 0.25) is 5.91 Å². The number of alkyl halides is 1. The van der Waals surface area contributed by atoms with Crippen molar-refractivity contribution in [1.82, 2.24) is 9.78 Å². The first-order valence-electron chi connectivity index (χ1n) is 4.38. The molecule has 0 saturated carbocycles. The van der Waals surface area contributed by atoms with Gasteiger partial charge < -0.3 is 5.32 Å². The highest BCUT2D eigenvalue weighted by atomic mass is 35.5. The zero-order valence-electron chi connectivity index (χ0n) is 8.76. The summed E-state index contributed by atoms with van der Waals surface area (Å²) >= 11 is 5.65. The molecule has 0 unspecified atom stereocenters. The summed E-state index contributed by atoms with van der Waals surface area (Å²) in [6.07, 6.45) is 0. The van der Waals surface area contributed by atoms with Crippen molar-refractivity contribution in [2.45, 2.75) is 26.1 Å². The highest BCUT2D eigenvalue weighted by Gasteiger charge is 2.15. The molecule has 1 amide bonds. The van der Waals surface area contributed by atoms with Crippen molar-refractivity contribution in [1.29, 1.82) is 0 Å². The molecule has 5 heteroatoms. The highest BCUT2D eigenvalue weighted by Crippen LogP contribution is 2.18. The molecule has 1 heterocycles. The van der Waals surface area contributed by atoms with Crippen LogP contribution in [0.1, 0.15) is 18.3 Å². The normalized spacial score (nSPS) is 12.6. The summed E-state index contributed by atoms with van der Waals surface area (Å²) in [5.74, 6) is -0.203. The van der Waals surface area contributed by atoms with Gasteiger partial charge in [0.05, 0.1) is 17.1 Å². The quantitative estimate of drug-likeness (QED) is 0.762. The molecule has 0 radical (unpaired) electrons. The summed E-state index contributed by atoms with van der Waals surface area (Å²) in [7, 11) is 1.84. The molecule has 78 valence electrons. The Morgan fingerprint density at radius 3 is 2.50 bits per heavy atom. The summed E-state index contributed by atoms with van der Waals surface area (Å²) in [5.41, 5.74) is 2.48. The number of carbonyl (C=O) groups excluding carboxylic acids is 1. The average molecular weight is 216 g/mol. The first kappa shape index (κ1) is 11.0. The second kappa shape index (κ2) is 4.00. The van der Waals surface area contributed by atoms with Crippen molar-refractivity contribution < 1.29 is 4.79 Å². The van der Waals surface area contributed by atoms with Crippen LogP contribution in [0.15, 0.2) is 0 Å². The molecule has 0 aliphatic heterocycles. The van der Waals surface area contributed by atoms with Crippen molar-refractivity contribution in [2.24, 2.45) is 7.05 Å². The number of aryl methyl sites for hydroxylation is 2. The number of amides is 1. The summed E-state index contributed by atoms with van der Waals surface area (Å²) in [4.78, 5) is 11.3. The molecule has 1 N–H and O–H groups in total. The van der Waals surface area contributed by atoms with Gasteiger partial charge in [-0.25, -0.2) is 0 Å². The van der Waals surface area contributed by atoms with Gasteiger partial charge in [0.15, 0.2) is 0 Å². The molecule has 0 fully saturated rings. The maximum Gasteiger partial charge on any atom is 0.242 e. The van der Waals surface area contributed by atoms with Crippen LogP contribution in [0.25, 0.3) is 0 Å². The monoisotopic (exact) mass is 215 g/mol. The zero-order valence-corrected chi connectivity index (χ0v) is 9.51. The smallest absolute Gasteiger partial charge is 0.242 e. The Hall–Kier alpha value is -1.03. The minimum atomic E-state index is -0.533. The minimum absolute atomic E-state index is 0.203. The summed E-state index contributed by atoms with van der Waals surface area (Å²) in [5, 5.41) is 6.39. The largest absolute Gasteiger partial charge is 0.322 e. The van der Waals surface area contributed by atoms with E-state index in [1.165, 1.54) is 0 Å². The second-order valence-electron chi connectivity index (χ2n) is 3.27. The third kappa shape index (κ3) is 2.07. The Kier molecular flexibility index (Phi) is 3.16. The molecule has 14 heavy (non-hydrogen) atoms. The number of nitrogens with zero attached hydrogens (tertiary/aromatic N) is 2. The first-order chi connectivity index (χ1) is 6.43. The number of carbonyl (C=O) groups is 1. The van der Waals surface area contributed by atoms with Crippen LogP contribution in [-0.2, 0) is 11.8 Å². The summed E-state index contributed by atoms with van der Waals surface area (Å²) in [6, 6.07) is 0. The molecule has 1 aromatic heterocycles. The fraction of sp³-hybridized carbons (Fsp3) is 0.556. The molecule has 1 atom stereocenters. The molecule has 0 aliphatic carbocycles. The standard InChI is InChI=1S/C9H14ClN3O/c1-5(10)9(14)11-8-6(2)12-13(4)7(8)3/h5H,1-4H3,(H,11,14)/t5-/m0/s1. The fourth-order valence-electron chi connectivity index (χ4n) is 1.18. The Morgan fingerprint density at radius 1 is 1.57 bits per heavy atom. The Bertz CT molecular complexity index is 357. The van der Waals surface area contributed by atoms with Gasteiger partial charge >= 0.3 is 0 Å². The number of hydrogen-bond acceptors (Lipinski definition) is 2. The Balaban J connectivity index is 2.92. The van der Waals surface area contributed by atoms with Gasteiger partial charge in [-0.1, -0.05) is 0 Å². The van der Waals surface area contributed by atoms with E-state index in [0.717, 1.165) is 17.1 Å². The second-order valence-corrected chi connectivity index (χ2v) is 3.93. The van der Waals surface area contributed by atoms with E-state index in [1.54, 1.807) is 11.6 Å². The predicted molar refractivity (Wildman–Crippen MR) is 56.6 cm³/mol. The van der Waals surface area contributed by atoms with Gasteiger partial charge in [-0.05, 0) is 20.8 Å². The van der Waals surface area contributed by atoms with E-state index >= 15 is 0 Å².